The van der Waals surface area contributed by atoms with Gasteiger partial charge in [0.25, 0.3) is 0 Å². The van der Waals surface area contributed by atoms with Crippen molar-refractivity contribution < 1.29 is 8.23 Å². The van der Waals surface area contributed by atoms with Crippen LogP contribution < -0.4 is 11.0 Å². The molecule has 0 amide bonds. The van der Waals surface area contributed by atoms with Crippen molar-refractivity contribution in [3.63, 3.8) is 0 Å². The monoisotopic (exact) mass is 802 g/mol. The molecule has 6 heterocycles. The van der Waals surface area contributed by atoms with Gasteiger partial charge in [-0.05, 0) is 36.3 Å². The molecule has 286 valence electrons. The summed E-state index contributed by atoms with van der Waals surface area (Å²) in [5.74, 6) is 3.88. The van der Waals surface area contributed by atoms with Crippen LogP contribution in [0.5, 0.6) is 0 Å². The third-order valence-electron chi connectivity index (χ3n) is 12.9. The van der Waals surface area contributed by atoms with Crippen molar-refractivity contribution in [1.82, 2.24) is 8.47 Å². The summed E-state index contributed by atoms with van der Waals surface area (Å²) in [7, 11) is -9.30. The highest BCUT2D eigenvalue weighted by molar-refractivity contribution is 6.89. The number of amidine groups is 4. The number of hydrogen-bond donors (Lipinski definition) is 0. The van der Waals surface area contributed by atoms with E-state index in [0.717, 1.165) is 103 Å². The molecule has 0 aliphatic carbocycles. The second-order valence-corrected chi connectivity index (χ2v) is 28.0. The third-order valence-corrected chi connectivity index (χ3v) is 28.2. The molecule has 0 unspecified atom stereocenters. The van der Waals surface area contributed by atoms with Gasteiger partial charge in [-0.2, -0.15) is 0 Å². The number of nitrogens with zero attached hydrogens (tertiary/aromatic N) is 8. The van der Waals surface area contributed by atoms with Crippen molar-refractivity contribution in [2.24, 2.45) is 30.0 Å². The fourth-order valence-corrected chi connectivity index (χ4v) is 24.1. The lowest BCUT2D eigenvalue weighted by atomic mass is 10.1. The Bertz CT molecular complexity index is 2710. The second kappa shape index (κ2) is 13.5. The quantitative estimate of drug-likeness (QED) is 0.129. The van der Waals surface area contributed by atoms with Gasteiger partial charge >= 0.3 is 8.88 Å². The Morgan fingerprint density at radius 3 is 1.07 bits per heavy atom. The summed E-state index contributed by atoms with van der Waals surface area (Å²) >= 11 is 0. The van der Waals surface area contributed by atoms with Crippen molar-refractivity contribution in [1.29, 1.82) is 0 Å². The van der Waals surface area contributed by atoms with Crippen LogP contribution in [0.15, 0.2) is 127 Å². The first-order valence-electron chi connectivity index (χ1n) is 20.5. The number of aromatic nitrogens is 2. The average molecular weight is 803 g/mol. The molecular formula is C44H46N8O2Si3. The van der Waals surface area contributed by atoms with Gasteiger partial charge in [-0.15, -0.1) is 0 Å². The lowest BCUT2D eigenvalue weighted by molar-refractivity contribution is 0.326. The lowest BCUT2D eigenvalue weighted by Crippen LogP contribution is -2.71. The number of rotatable bonds is 10. The number of benzene rings is 4. The summed E-state index contributed by atoms with van der Waals surface area (Å²) in [4.78, 5) is 33.0. The van der Waals surface area contributed by atoms with Crippen LogP contribution in [0.3, 0.4) is 0 Å². The van der Waals surface area contributed by atoms with E-state index >= 15 is 0 Å². The van der Waals surface area contributed by atoms with Crippen LogP contribution in [0, 0.1) is 0 Å². The van der Waals surface area contributed by atoms with Crippen LogP contribution in [0.2, 0.25) is 36.3 Å². The highest BCUT2D eigenvalue weighted by atomic mass is 28.5. The van der Waals surface area contributed by atoms with Crippen molar-refractivity contribution in [3.8, 4) is 0 Å². The first-order valence-corrected chi connectivity index (χ1v) is 27.3. The van der Waals surface area contributed by atoms with E-state index in [4.69, 9.17) is 38.2 Å². The van der Waals surface area contributed by atoms with Crippen molar-refractivity contribution in [2.75, 3.05) is 0 Å². The smallest absolute Gasteiger partial charge is 0.404 e. The van der Waals surface area contributed by atoms with Crippen LogP contribution in [-0.2, 0) is 8.23 Å². The molecular weight excluding hydrogens is 757 g/mol. The molecule has 4 aliphatic heterocycles. The van der Waals surface area contributed by atoms with Gasteiger partial charge in [0.05, 0.1) is 0 Å². The van der Waals surface area contributed by atoms with Gasteiger partial charge in [0.15, 0.2) is 40.0 Å². The molecule has 13 heteroatoms. The first kappa shape index (κ1) is 36.2. The van der Waals surface area contributed by atoms with Gasteiger partial charge in [0.1, 0.15) is 22.6 Å². The minimum atomic E-state index is -4.16. The third kappa shape index (κ3) is 5.18. The molecule has 2 aromatic heterocycles. The zero-order valence-corrected chi connectivity index (χ0v) is 36.4. The molecule has 0 N–H and O–H groups in total. The van der Waals surface area contributed by atoms with Gasteiger partial charge in [0, 0.05) is 43.8 Å². The molecule has 0 atom stereocenters. The summed E-state index contributed by atoms with van der Waals surface area (Å²) in [5, 5.41) is 3.80. The molecule has 0 fully saturated rings. The Morgan fingerprint density at radius 1 is 0.404 bits per heavy atom. The summed E-state index contributed by atoms with van der Waals surface area (Å²) in [5.41, 5.74) is 5.18. The number of aliphatic imine (C=N–C) groups is 4. The minimum absolute atomic E-state index is 0.610. The molecule has 6 aromatic rings. The van der Waals surface area contributed by atoms with E-state index in [1.54, 1.807) is 0 Å². The molecule has 10 rings (SSSR count). The standard InChI is InChI=1S/C44H46N8O2Si3/c1-7-55(8-2,9-3)53-57(54-56(10-4,11-5)12-6)51-41-33-25-17-18-26-34(33)43(51)49-39-31-23-15-16-24-32(31)40(46-39)50-44-36-28-20-19-27-35(36)42(52(44)57)48-38-30-22-14-13-21-29(30)37(45-38)47-41/h13-28H,7-12H2,1-6H3/b47-37-,47-41?,48-38?,48-42-,49-39-,49-43?,50-40?,50-44-. The summed E-state index contributed by atoms with van der Waals surface area (Å²) in [6, 6.07) is 39.0. The summed E-state index contributed by atoms with van der Waals surface area (Å²) in [6.07, 6.45) is 0. The fourth-order valence-electron chi connectivity index (χ4n) is 9.14. The molecule has 4 aliphatic rings. The van der Waals surface area contributed by atoms with Crippen LogP contribution in [-0.4, -0.2) is 57.3 Å². The Kier molecular flexibility index (Phi) is 8.54. The topological polar surface area (TPSA) is 102 Å². The van der Waals surface area contributed by atoms with Crippen LogP contribution in [0.1, 0.15) is 63.8 Å². The zero-order valence-electron chi connectivity index (χ0n) is 33.4. The highest BCUT2D eigenvalue weighted by Crippen LogP contribution is 2.46. The summed E-state index contributed by atoms with van der Waals surface area (Å²) in [6.45, 7) is 13.8. The van der Waals surface area contributed by atoms with Gasteiger partial charge in [-0.25, -0.2) is 30.0 Å². The van der Waals surface area contributed by atoms with Gasteiger partial charge < -0.3 is 8.23 Å². The van der Waals surface area contributed by atoms with E-state index in [0.29, 0.717) is 23.3 Å². The fraction of sp³-hybridized carbons (Fsp3) is 0.273. The first-order chi connectivity index (χ1) is 27.9. The van der Waals surface area contributed by atoms with Gasteiger partial charge in [0.2, 0.25) is 0 Å². The van der Waals surface area contributed by atoms with E-state index in [9.17, 15) is 0 Å². The van der Waals surface area contributed by atoms with E-state index in [2.05, 4.69) is 123 Å². The number of fused-ring (bicyclic) bond motifs is 14. The van der Waals surface area contributed by atoms with Crippen LogP contribution in [0.25, 0.3) is 21.5 Å². The average Bonchev–Trinajstić information content (AvgIpc) is 3.98. The van der Waals surface area contributed by atoms with Crippen LogP contribution in [0.4, 0.5) is 11.6 Å². The Hall–Kier alpha value is -5.19. The Labute approximate surface area is 335 Å². The number of hydrogen-bond acceptors (Lipinski definition) is 8. The van der Waals surface area contributed by atoms with Crippen molar-refractivity contribution >= 4 is 82.0 Å². The molecule has 0 spiro atoms. The Morgan fingerprint density at radius 2 is 0.719 bits per heavy atom. The van der Waals surface area contributed by atoms with Crippen molar-refractivity contribution in [2.45, 2.75) is 77.8 Å². The highest BCUT2D eigenvalue weighted by Gasteiger charge is 2.59. The normalized spacial score (nSPS) is 19.3. The van der Waals surface area contributed by atoms with Crippen LogP contribution >= 0.6 is 0 Å². The maximum absolute atomic E-state index is 8.39. The van der Waals surface area contributed by atoms with E-state index in [1.165, 1.54) is 0 Å². The molecule has 10 nitrogen and oxygen atoms in total. The Balaban J connectivity index is 1.55. The van der Waals surface area contributed by atoms with E-state index in [-0.39, 0.29) is 0 Å². The molecule has 6 bridgehead atoms. The molecule has 57 heavy (non-hydrogen) atoms. The van der Waals surface area contributed by atoms with Gasteiger partial charge in [-0.3, -0.25) is 8.47 Å². The zero-order chi connectivity index (χ0) is 39.1. The maximum Gasteiger partial charge on any atom is 0.582 e. The maximum atomic E-state index is 8.39. The SMILES string of the molecule is CC[Si](CC)(CC)O[Si]1(O[Si](CC)(CC)CC)n2c3c4ccccc4c2/N=C2N=C(/N=c4/c5ccccc5/c(n41)=N/C1=NC(=N\3)/c3ccccc31)c1ccccc1\2. The van der Waals surface area contributed by atoms with Gasteiger partial charge in [-0.1, -0.05) is 139 Å². The molecule has 0 saturated carbocycles. The molecule has 4 aromatic carbocycles. The molecule has 0 radical (unpaired) electrons. The summed E-state index contributed by atoms with van der Waals surface area (Å²) < 4.78 is 21.4. The minimum Gasteiger partial charge on any atom is -0.404 e. The van der Waals surface area contributed by atoms with Crippen molar-refractivity contribution in [3.05, 3.63) is 130 Å². The predicted octanol–water partition coefficient (Wildman–Crippen LogP) is 9.42. The predicted molar refractivity (Wildman–Crippen MR) is 238 cm³/mol. The lowest BCUT2D eigenvalue weighted by Gasteiger charge is -2.45. The van der Waals surface area contributed by atoms with E-state index in [1.807, 2.05) is 24.3 Å². The second-order valence-electron chi connectivity index (χ2n) is 15.4. The van der Waals surface area contributed by atoms with E-state index < -0.39 is 25.5 Å². The largest absolute Gasteiger partial charge is 0.582 e. The molecule has 0 saturated heterocycles.